The van der Waals surface area contributed by atoms with Crippen molar-refractivity contribution in [1.82, 2.24) is 4.90 Å². The normalized spacial score (nSPS) is 28.7. The van der Waals surface area contributed by atoms with Crippen LogP contribution < -0.4 is 0 Å². The van der Waals surface area contributed by atoms with E-state index in [4.69, 9.17) is 9.47 Å². The minimum Gasteiger partial charge on any atom is -0.448 e. The van der Waals surface area contributed by atoms with E-state index in [2.05, 4.69) is 24.3 Å². The van der Waals surface area contributed by atoms with Gasteiger partial charge in [-0.15, -0.1) is 0 Å². The van der Waals surface area contributed by atoms with Crippen LogP contribution in [0.15, 0.2) is 48.5 Å². The topological polar surface area (TPSA) is 59.0 Å². The van der Waals surface area contributed by atoms with Crippen LogP contribution in [0.3, 0.4) is 0 Å². The molecule has 0 spiro atoms. The van der Waals surface area contributed by atoms with Gasteiger partial charge in [0.1, 0.15) is 12.7 Å². The molecule has 2 fully saturated rings. The Labute approximate surface area is 158 Å². The summed E-state index contributed by atoms with van der Waals surface area (Å²) in [6.07, 6.45) is -1.10. The van der Waals surface area contributed by atoms with Crippen molar-refractivity contribution in [3.05, 3.63) is 59.7 Å². The molecular weight excluding hydrogens is 342 g/mol. The first-order valence-corrected chi connectivity index (χ1v) is 9.56. The number of carbonyl (C=O) groups is 1. The third kappa shape index (κ3) is 2.57. The van der Waals surface area contributed by atoms with Crippen molar-refractivity contribution in [3.63, 3.8) is 0 Å². The van der Waals surface area contributed by atoms with E-state index in [-0.39, 0.29) is 36.7 Å². The molecule has 140 valence electrons. The molecule has 5 rings (SSSR count). The molecule has 3 aliphatic rings. The van der Waals surface area contributed by atoms with Gasteiger partial charge in [0.25, 0.3) is 0 Å². The SMILES string of the molecule is C[C@@H]1CN(C(=O)OCC2c3ccccc3-c3ccccc32)[C@H]2[C@@H]1OC[C@@H]2O. The van der Waals surface area contributed by atoms with E-state index in [1.807, 2.05) is 31.2 Å². The quantitative estimate of drug-likeness (QED) is 0.889. The van der Waals surface area contributed by atoms with E-state index in [0.29, 0.717) is 13.2 Å². The molecule has 0 bridgehead atoms. The smallest absolute Gasteiger partial charge is 0.410 e. The van der Waals surface area contributed by atoms with Gasteiger partial charge in [0, 0.05) is 18.4 Å². The first-order chi connectivity index (χ1) is 13.1. The monoisotopic (exact) mass is 365 g/mol. The third-order valence-corrected chi connectivity index (χ3v) is 6.17. The molecule has 27 heavy (non-hydrogen) atoms. The Kier molecular flexibility index (Phi) is 3.95. The maximum atomic E-state index is 12.8. The van der Waals surface area contributed by atoms with E-state index in [1.165, 1.54) is 22.3 Å². The van der Waals surface area contributed by atoms with Crippen molar-refractivity contribution in [2.24, 2.45) is 5.92 Å². The zero-order chi connectivity index (χ0) is 18.5. The van der Waals surface area contributed by atoms with Crippen LogP contribution in [0.1, 0.15) is 24.0 Å². The Morgan fingerprint density at radius 2 is 1.78 bits per heavy atom. The molecular formula is C22H23NO4. The maximum Gasteiger partial charge on any atom is 0.410 e. The standard InChI is InChI=1S/C22H23NO4/c1-13-10-23(20-19(24)12-26-21(13)20)22(25)27-11-18-16-8-4-2-6-14(16)15-7-3-5-9-17(15)18/h2-9,13,18-21,24H,10-12H2,1H3/t13-,19+,20-,21-/m1/s1. The van der Waals surface area contributed by atoms with E-state index in [9.17, 15) is 9.90 Å². The summed E-state index contributed by atoms with van der Waals surface area (Å²) >= 11 is 0. The molecule has 0 saturated carbocycles. The van der Waals surface area contributed by atoms with Gasteiger partial charge in [-0.25, -0.2) is 4.79 Å². The van der Waals surface area contributed by atoms with Gasteiger partial charge in [0.15, 0.2) is 0 Å². The summed E-state index contributed by atoms with van der Waals surface area (Å²) < 4.78 is 11.4. The van der Waals surface area contributed by atoms with Gasteiger partial charge in [-0.05, 0) is 22.3 Å². The minimum atomic E-state index is -0.638. The highest BCUT2D eigenvalue weighted by atomic mass is 16.6. The summed E-state index contributed by atoms with van der Waals surface area (Å²) in [7, 11) is 0. The molecule has 2 saturated heterocycles. The van der Waals surface area contributed by atoms with E-state index in [1.54, 1.807) is 4.90 Å². The van der Waals surface area contributed by atoms with Crippen LogP contribution in [0.25, 0.3) is 11.1 Å². The van der Waals surface area contributed by atoms with Gasteiger partial charge < -0.3 is 14.6 Å². The fraction of sp³-hybridized carbons (Fsp3) is 0.409. The average Bonchev–Trinajstić information content (AvgIpc) is 3.33. The van der Waals surface area contributed by atoms with Gasteiger partial charge in [0.2, 0.25) is 0 Å². The van der Waals surface area contributed by atoms with Crippen LogP contribution in [0, 0.1) is 5.92 Å². The molecule has 0 radical (unpaired) electrons. The van der Waals surface area contributed by atoms with Crippen molar-refractivity contribution < 1.29 is 19.4 Å². The van der Waals surface area contributed by atoms with E-state index in [0.717, 1.165) is 0 Å². The number of rotatable bonds is 2. The third-order valence-electron chi connectivity index (χ3n) is 6.17. The van der Waals surface area contributed by atoms with Crippen molar-refractivity contribution in [2.75, 3.05) is 19.8 Å². The van der Waals surface area contributed by atoms with Crippen LogP contribution in [0.5, 0.6) is 0 Å². The average molecular weight is 365 g/mol. The lowest BCUT2D eigenvalue weighted by Crippen LogP contribution is -2.44. The Morgan fingerprint density at radius 3 is 2.44 bits per heavy atom. The highest BCUT2D eigenvalue weighted by Gasteiger charge is 2.51. The number of hydrogen-bond acceptors (Lipinski definition) is 4. The van der Waals surface area contributed by atoms with Crippen LogP contribution in [0.2, 0.25) is 0 Å². The van der Waals surface area contributed by atoms with Gasteiger partial charge in [-0.3, -0.25) is 4.90 Å². The first-order valence-electron chi connectivity index (χ1n) is 9.56. The highest BCUT2D eigenvalue weighted by Crippen LogP contribution is 2.44. The second-order valence-electron chi connectivity index (χ2n) is 7.79. The van der Waals surface area contributed by atoms with Crippen molar-refractivity contribution in [3.8, 4) is 11.1 Å². The Balaban J connectivity index is 1.35. The number of fused-ring (bicyclic) bond motifs is 4. The predicted octanol–water partition coefficient (Wildman–Crippen LogP) is 3.02. The van der Waals surface area contributed by atoms with Crippen molar-refractivity contribution >= 4 is 6.09 Å². The Hall–Kier alpha value is -2.37. The van der Waals surface area contributed by atoms with Gasteiger partial charge in [0.05, 0.1) is 18.8 Å². The molecule has 1 amide bonds. The predicted molar refractivity (Wildman–Crippen MR) is 100 cm³/mol. The van der Waals surface area contributed by atoms with Gasteiger partial charge in [-0.1, -0.05) is 55.5 Å². The van der Waals surface area contributed by atoms with Crippen LogP contribution in [-0.2, 0) is 9.47 Å². The second-order valence-corrected chi connectivity index (χ2v) is 7.79. The number of likely N-dealkylation sites (tertiary alicyclic amines) is 1. The molecule has 2 aliphatic heterocycles. The molecule has 2 aromatic carbocycles. The lowest BCUT2D eigenvalue weighted by molar-refractivity contribution is 0.0581. The number of benzene rings is 2. The number of nitrogens with zero attached hydrogens (tertiary/aromatic N) is 1. The first kappa shape index (κ1) is 16.8. The van der Waals surface area contributed by atoms with Crippen molar-refractivity contribution in [1.29, 1.82) is 0 Å². The number of ether oxygens (including phenoxy) is 2. The Morgan fingerprint density at radius 1 is 1.15 bits per heavy atom. The number of hydrogen-bond donors (Lipinski definition) is 1. The number of carbonyl (C=O) groups excluding carboxylic acids is 1. The van der Waals surface area contributed by atoms with Crippen LogP contribution in [-0.4, -0.2) is 54.1 Å². The fourth-order valence-corrected chi connectivity index (χ4v) is 4.92. The number of amides is 1. The lowest BCUT2D eigenvalue weighted by Gasteiger charge is -2.25. The number of aliphatic hydroxyl groups excluding tert-OH is 1. The summed E-state index contributed by atoms with van der Waals surface area (Å²) in [5, 5.41) is 10.2. The largest absolute Gasteiger partial charge is 0.448 e. The number of aliphatic hydroxyl groups is 1. The molecule has 0 unspecified atom stereocenters. The van der Waals surface area contributed by atoms with Gasteiger partial charge in [-0.2, -0.15) is 0 Å². The zero-order valence-corrected chi connectivity index (χ0v) is 15.2. The van der Waals surface area contributed by atoms with Gasteiger partial charge >= 0.3 is 6.09 Å². The Bertz CT molecular complexity index is 837. The molecule has 5 heteroatoms. The van der Waals surface area contributed by atoms with Crippen LogP contribution in [0.4, 0.5) is 4.79 Å². The molecule has 4 atom stereocenters. The van der Waals surface area contributed by atoms with E-state index < -0.39 is 6.10 Å². The summed E-state index contributed by atoms with van der Waals surface area (Å²) in [6, 6.07) is 16.3. The van der Waals surface area contributed by atoms with Crippen LogP contribution >= 0.6 is 0 Å². The maximum absolute atomic E-state index is 12.8. The summed E-state index contributed by atoms with van der Waals surface area (Å²) in [5.41, 5.74) is 4.82. The molecule has 0 aromatic heterocycles. The molecule has 1 N–H and O–H groups in total. The zero-order valence-electron chi connectivity index (χ0n) is 15.2. The van der Waals surface area contributed by atoms with Crippen molar-refractivity contribution in [2.45, 2.75) is 31.1 Å². The highest BCUT2D eigenvalue weighted by molar-refractivity contribution is 5.79. The summed E-state index contributed by atoms with van der Waals surface area (Å²) in [4.78, 5) is 14.4. The molecule has 2 heterocycles. The fourth-order valence-electron chi connectivity index (χ4n) is 4.92. The molecule has 2 aromatic rings. The minimum absolute atomic E-state index is 0.0434. The summed E-state index contributed by atoms with van der Waals surface area (Å²) in [6.45, 7) is 3.19. The lowest BCUT2D eigenvalue weighted by atomic mass is 9.98. The molecule has 1 aliphatic carbocycles. The molecule has 5 nitrogen and oxygen atoms in total. The van der Waals surface area contributed by atoms with E-state index >= 15 is 0 Å². The summed E-state index contributed by atoms with van der Waals surface area (Å²) in [5.74, 6) is 0.245. The second kappa shape index (κ2) is 6.36.